The summed E-state index contributed by atoms with van der Waals surface area (Å²) in [7, 11) is -2.94. The molecule has 0 saturated heterocycles. The Bertz CT molecular complexity index is 471. The molecule has 1 aromatic carbocycles. The Balaban J connectivity index is 2.60. The zero-order chi connectivity index (χ0) is 14.3. The molecular weight excluding hydrogens is 265 g/mol. The second kappa shape index (κ2) is 7.60. The summed E-state index contributed by atoms with van der Waals surface area (Å²) in [5.74, 6) is -0.0757. The molecule has 0 aliphatic rings. The second-order valence-electron chi connectivity index (χ2n) is 4.90. The van der Waals surface area contributed by atoms with E-state index < -0.39 is 9.84 Å². The lowest BCUT2D eigenvalue weighted by Crippen LogP contribution is -2.33. The molecule has 1 N–H and O–H groups in total. The first-order chi connectivity index (χ1) is 8.90. The summed E-state index contributed by atoms with van der Waals surface area (Å²) < 4.78 is 35.3. The lowest BCUT2D eigenvalue weighted by molar-refractivity contribution is 0.491. The van der Waals surface area contributed by atoms with E-state index in [9.17, 15) is 12.8 Å². The zero-order valence-corrected chi connectivity index (χ0v) is 12.3. The first-order valence-corrected chi connectivity index (χ1v) is 8.62. The minimum Gasteiger partial charge on any atom is -0.314 e. The Morgan fingerprint density at radius 1 is 1.26 bits per heavy atom. The van der Waals surface area contributed by atoms with Crippen LogP contribution >= 0.6 is 0 Å². The van der Waals surface area contributed by atoms with Crippen LogP contribution < -0.4 is 5.32 Å². The Morgan fingerprint density at radius 2 is 1.89 bits per heavy atom. The topological polar surface area (TPSA) is 46.2 Å². The minimum atomic E-state index is -2.94. The fraction of sp³-hybridized carbons (Fsp3) is 0.571. The molecule has 0 spiro atoms. The molecule has 0 heterocycles. The van der Waals surface area contributed by atoms with Crippen molar-refractivity contribution in [2.75, 3.05) is 18.6 Å². The van der Waals surface area contributed by atoms with Gasteiger partial charge in [0.2, 0.25) is 0 Å². The third-order valence-electron chi connectivity index (χ3n) is 2.92. The van der Waals surface area contributed by atoms with Crippen LogP contribution in [0.4, 0.5) is 4.39 Å². The van der Waals surface area contributed by atoms with E-state index in [0.29, 0.717) is 6.42 Å². The van der Waals surface area contributed by atoms with Gasteiger partial charge in [-0.3, -0.25) is 0 Å². The van der Waals surface area contributed by atoms with Crippen molar-refractivity contribution in [2.24, 2.45) is 0 Å². The Kier molecular flexibility index (Phi) is 6.45. The van der Waals surface area contributed by atoms with Gasteiger partial charge in [0.25, 0.3) is 0 Å². The van der Waals surface area contributed by atoms with Crippen LogP contribution in [0, 0.1) is 5.82 Å². The lowest BCUT2D eigenvalue weighted by atomic mass is 10.0. The van der Waals surface area contributed by atoms with E-state index >= 15 is 0 Å². The molecule has 3 nitrogen and oxygen atoms in total. The maximum Gasteiger partial charge on any atom is 0.147 e. The van der Waals surface area contributed by atoms with Crippen molar-refractivity contribution in [3.8, 4) is 0 Å². The van der Waals surface area contributed by atoms with Crippen molar-refractivity contribution in [3.05, 3.63) is 35.6 Å². The van der Waals surface area contributed by atoms with E-state index in [4.69, 9.17) is 0 Å². The second-order valence-corrected chi connectivity index (χ2v) is 7.16. The third-order valence-corrected chi connectivity index (χ3v) is 3.89. The van der Waals surface area contributed by atoms with Crippen molar-refractivity contribution < 1.29 is 12.8 Å². The quantitative estimate of drug-likeness (QED) is 0.797. The highest BCUT2D eigenvalue weighted by atomic mass is 32.2. The van der Waals surface area contributed by atoms with Gasteiger partial charge in [0.1, 0.15) is 15.7 Å². The first kappa shape index (κ1) is 16.1. The van der Waals surface area contributed by atoms with E-state index in [1.807, 2.05) is 0 Å². The van der Waals surface area contributed by atoms with Crippen molar-refractivity contribution in [1.82, 2.24) is 5.32 Å². The van der Waals surface area contributed by atoms with Gasteiger partial charge in [0.15, 0.2) is 0 Å². The van der Waals surface area contributed by atoms with Crippen LogP contribution in [0.1, 0.15) is 25.3 Å². The van der Waals surface area contributed by atoms with Crippen LogP contribution in [0.2, 0.25) is 0 Å². The SMILES string of the molecule is CCCNC(CCS(C)(=O)=O)Cc1ccc(F)cc1. The summed E-state index contributed by atoms with van der Waals surface area (Å²) in [4.78, 5) is 0. The van der Waals surface area contributed by atoms with Crippen molar-refractivity contribution >= 4 is 9.84 Å². The van der Waals surface area contributed by atoms with Crippen LogP contribution in [0.25, 0.3) is 0 Å². The lowest BCUT2D eigenvalue weighted by Gasteiger charge is -2.18. The smallest absolute Gasteiger partial charge is 0.147 e. The standard InChI is InChI=1S/C14H22FNO2S/c1-3-9-16-14(8-10-19(2,17)18)11-12-4-6-13(15)7-5-12/h4-7,14,16H,3,8-11H2,1-2H3. The predicted octanol–water partition coefficient (Wildman–Crippen LogP) is 2.17. The summed E-state index contributed by atoms with van der Waals surface area (Å²) in [6.45, 7) is 2.92. The zero-order valence-electron chi connectivity index (χ0n) is 11.5. The predicted molar refractivity (Wildman–Crippen MR) is 76.5 cm³/mol. The van der Waals surface area contributed by atoms with Crippen molar-refractivity contribution in [3.63, 3.8) is 0 Å². The van der Waals surface area contributed by atoms with Crippen LogP contribution in [-0.4, -0.2) is 33.0 Å². The molecule has 0 saturated carbocycles. The highest BCUT2D eigenvalue weighted by molar-refractivity contribution is 7.90. The Labute approximate surface area is 115 Å². The molecule has 0 aromatic heterocycles. The third kappa shape index (κ3) is 7.28. The molecule has 5 heteroatoms. The Morgan fingerprint density at radius 3 is 2.42 bits per heavy atom. The normalized spacial score (nSPS) is 13.4. The van der Waals surface area contributed by atoms with Gasteiger partial charge < -0.3 is 5.32 Å². The van der Waals surface area contributed by atoms with Gasteiger partial charge in [-0.2, -0.15) is 0 Å². The molecule has 19 heavy (non-hydrogen) atoms. The molecule has 0 aliphatic heterocycles. The largest absolute Gasteiger partial charge is 0.314 e. The highest BCUT2D eigenvalue weighted by Crippen LogP contribution is 2.09. The average Bonchev–Trinajstić information content (AvgIpc) is 2.34. The number of nitrogens with one attached hydrogen (secondary N) is 1. The van der Waals surface area contributed by atoms with Gasteiger partial charge in [-0.05, 0) is 43.5 Å². The molecule has 0 amide bonds. The number of hydrogen-bond donors (Lipinski definition) is 1. The molecule has 108 valence electrons. The molecule has 0 aliphatic carbocycles. The summed E-state index contributed by atoms with van der Waals surface area (Å²) in [5.41, 5.74) is 1.02. The minimum absolute atomic E-state index is 0.111. The van der Waals surface area contributed by atoms with Crippen molar-refractivity contribution in [1.29, 1.82) is 0 Å². The molecule has 1 rings (SSSR count). The molecular formula is C14H22FNO2S. The average molecular weight is 287 g/mol. The van der Waals surface area contributed by atoms with Gasteiger partial charge in [-0.25, -0.2) is 12.8 Å². The molecule has 0 fully saturated rings. The van der Waals surface area contributed by atoms with Crippen LogP contribution in [-0.2, 0) is 16.3 Å². The van der Waals surface area contributed by atoms with Crippen LogP contribution in [0.5, 0.6) is 0 Å². The fourth-order valence-corrected chi connectivity index (χ4v) is 2.60. The van der Waals surface area contributed by atoms with Crippen LogP contribution in [0.3, 0.4) is 0 Å². The summed E-state index contributed by atoms with van der Waals surface area (Å²) in [6, 6.07) is 6.47. The highest BCUT2D eigenvalue weighted by Gasteiger charge is 2.12. The van der Waals surface area contributed by atoms with Gasteiger partial charge in [-0.1, -0.05) is 19.1 Å². The fourth-order valence-electron chi connectivity index (χ4n) is 1.89. The van der Waals surface area contributed by atoms with Gasteiger partial charge in [0.05, 0.1) is 5.75 Å². The summed E-state index contributed by atoms with van der Waals surface area (Å²) >= 11 is 0. The number of benzene rings is 1. The van der Waals surface area contributed by atoms with Gasteiger partial charge in [0, 0.05) is 12.3 Å². The van der Waals surface area contributed by atoms with E-state index in [0.717, 1.165) is 24.9 Å². The molecule has 0 radical (unpaired) electrons. The molecule has 1 unspecified atom stereocenters. The molecule has 1 atom stereocenters. The number of sulfone groups is 1. The maximum absolute atomic E-state index is 12.8. The summed E-state index contributed by atoms with van der Waals surface area (Å²) in [5, 5.41) is 3.35. The van der Waals surface area contributed by atoms with Gasteiger partial charge in [-0.15, -0.1) is 0 Å². The number of rotatable bonds is 8. The Hall–Kier alpha value is -0.940. The van der Waals surface area contributed by atoms with Crippen LogP contribution in [0.15, 0.2) is 24.3 Å². The molecule has 0 bridgehead atoms. The maximum atomic E-state index is 12.8. The molecule has 1 aromatic rings. The van der Waals surface area contributed by atoms with E-state index in [1.54, 1.807) is 12.1 Å². The van der Waals surface area contributed by atoms with E-state index in [2.05, 4.69) is 12.2 Å². The van der Waals surface area contributed by atoms with Crippen molar-refractivity contribution in [2.45, 2.75) is 32.2 Å². The first-order valence-electron chi connectivity index (χ1n) is 6.56. The number of hydrogen-bond acceptors (Lipinski definition) is 3. The monoisotopic (exact) mass is 287 g/mol. The van der Waals surface area contributed by atoms with Gasteiger partial charge >= 0.3 is 0 Å². The number of halogens is 1. The van der Waals surface area contributed by atoms with E-state index in [1.165, 1.54) is 18.4 Å². The van der Waals surface area contributed by atoms with E-state index in [-0.39, 0.29) is 17.6 Å². The summed E-state index contributed by atoms with van der Waals surface area (Å²) in [6.07, 6.45) is 3.55.